The van der Waals surface area contributed by atoms with Crippen molar-refractivity contribution in [3.63, 3.8) is 0 Å². The topological polar surface area (TPSA) is 70.7 Å². The molecule has 7 heteroatoms. The van der Waals surface area contributed by atoms with Gasteiger partial charge in [-0.15, -0.1) is 0 Å². The van der Waals surface area contributed by atoms with E-state index >= 15 is 0 Å². The summed E-state index contributed by atoms with van der Waals surface area (Å²) in [6, 6.07) is 9.70. The van der Waals surface area contributed by atoms with E-state index < -0.39 is 16.8 Å². The molecule has 156 valence electrons. The fraction of sp³-hybridized carbons (Fsp3) is 0.391. The number of nitrogens with two attached hydrogens (primary N) is 1. The largest absolute Gasteiger partial charge is 0.378 e. The van der Waals surface area contributed by atoms with Gasteiger partial charge in [-0.25, -0.2) is 13.8 Å². The van der Waals surface area contributed by atoms with Crippen LogP contribution in [0.2, 0.25) is 0 Å². The van der Waals surface area contributed by atoms with E-state index in [4.69, 9.17) is 5.73 Å². The molecule has 1 heterocycles. The lowest BCUT2D eigenvalue weighted by Gasteiger charge is -2.31. The SMILES string of the molecule is CC1Cc2cc(F)ccc2C1Nc1ccc(F)c([C@]23CC2(C)C(=O)N(C)C(N)=N3)c1. The lowest BCUT2D eigenvalue weighted by molar-refractivity contribution is -0.132. The average molecular weight is 410 g/mol. The van der Waals surface area contributed by atoms with Crippen molar-refractivity contribution in [2.24, 2.45) is 22.1 Å². The number of nitrogens with one attached hydrogen (secondary N) is 1. The van der Waals surface area contributed by atoms with Gasteiger partial charge in [0.25, 0.3) is 0 Å². The fourth-order valence-electron chi connectivity index (χ4n) is 5.24. The summed E-state index contributed by atoms with van der Waals surface area (Å²) >= 11 is 0. The summed E-state index contributed by atoms with van der Waals surface area (Å²) in [5.74, 6) is -0.417. The summed E-state index contributed by atoms with van der Waals surface area (Å²) in [5.41, 5.74) is 7.36. The van der Waals surface area contributed by atoms with Crippen molar-refractivity contribution in [2.75, 3.05) is 12.4 Å². The van der Waals surface area contributed by atoms with E-state index in [0.717, 1.165) is 23.2 Å². The Morgan fingerprint density at radius 3 is 2.77 bits per heavy atom. The highest BCUT2D eigenvalue weighted by Crippen LogP contribution is 2.68. The molecule has 0 bridgehead atoms. The van der Waals surface area contributed by atoms with Crippen molar-refractivity contribution in [2.45, 2.75) is 38.3 Å². The highest BCUT2D eigenvalue weighted by Gasteiger charge is 2.74. The summed E-state index contributed by atoms with van der Waals surface area (Å²) in [5, 5.41) is 3.49. The lowest BCUT2D eigenvalue weighted by Crippen LogP contribution is -2.48. The van der Waals surface area contributed by atoms with Crippen LogP contribution in [-0.4, -0.2) is 23.8 Å². The maximum absolute atomic E-state index is 14.9. The first-order valence-electron chi connectivity index (χ1n) is 10.1. The number of amides is 1. The molecule has 1 fully saturated rings. The van der Waals surface area contributed by atoms with Gasteiger partial charge in [0.05, 0.1) is 11.5 Å². The maximum atomic E-state index is 14.9. The molecule has 3 N–H and O–H groups in total. The molecule has 0 spiro atoms. The maximum Gasteiger partial charge on any atom is 0.237 e. The molecule has 5 rings (SSSR count). The predicted octanol–water partition coefficient (Wildman–Crippen LogP) is 3.70. The standard InChI is InChI=1S/C23H24F2N4O/c1-12-8-13-9-14(24)4-6-16(13)19(12)27-15-5-7-18(25)17(10-15)23-11-22(23,2)20(30)29(3)21(26)28-23/h4-7,9-10,12,19,27H,8,11H2,1-3H3,(H2,26,28)/t12?,19?,22?,23-/m1/s1. The van der Waals surface area contributed by atoms with Crippen molar-refractivity contribution >= 4 is 17.6 Å². The monoisotopic (exact) mass is 410 g/mol. The molecule has 1 saturated carbocycles. The second-order valence-corrected chi connectivity index (χ2v) is 9.04. The van der Waals surface area contributed by atoms with Crippen LogP contribution < -0.4 is 11.1 Å². The highest BCUT2D eigenvalue weighted by molar-refractivity contribution is 6.04. The Morgan fingerprint density at radius 2 is 2.00 bits per heavy atom. The number of carbonyl (C=O) groups is 1. The molecule has 1 amide bonds. The van der Waals surface area contributed by atoms with Crippen molar-refractivity contribution in [1.29, 1.82) is 0 Å². The molecule has 4 atom stereocenters. The lowest BCUT2D eigenvalue weighted by atomic mass is 9.91. The van der Waals surface area contributed by atoms with E-state index in [0.29, 0.717) is 12.0 Å². The van der Waals surface area contributed by atoms with Crippen LogP contribution in [0.25, 0.3) is 0 Å². The van der Waals surface area contributed by atoms with Crippen LogP contribution in [0.5, 0.6) is 0 Å². The Kier molecular flexibility index (Phi) is 3.82. The number of hydrogen-bond acceptors (Lipinski definition) is 4. The van der Waals surface area contributed by atoms with Crippen LogP contribution in [0.3, 0.4) is 0 Å². The van der Waals surface area contributed by atoms with Crippen molar-refractivity contribution in [3.8, 4) is 0 Å². The minimum atomic E-state index is -0.967. The van der Waals surface area contributed by atoms with Gasteiger partial charge in [-0.05, 0) is 67.1 Å². The van der Waals surface area contributed by atoms with Crippen molar-refractivity contribution in [1.82, 2.24) is 4.90 Å². The van der Waals surface area contributed by atoms with E-state index in [9.17, 15) is 13.6 Å². The Morgan fingerprint density at radius 1 is 1.23 bits per heavy atom. The number of hydrogen-bond donors (Lipinski definition) is 2. The van der Waals surface area contributed by atoms with Gasteiger partial charge in [0.2, 0.25) is 5.91 Å². The van der Waals surface area contributed by atoms with Gasteiger partial charge >= 0.3 is 0 Å². The highest BCUT2D eigenvalue weighted by atomic mass is 19.1. The first kappa shape index (κ1) is 19.0. The number of rotatable bonds is 3. The number of aliphatic imine (C=N–C) groups is 1. The summed E-state index contributed by atoms with van der Waals surface area (Å²) in [6.45, 7) is 3.92. The first-order valence-corrected chi connectivity index (χ1v) is 10.1. The third-order valence-corrected chi connectivity index (χ3v) is 7.11. The zero-order valence-electron chi connectivity index (χ0n) is 17.2. The van der Waals surface area contributed by atoms with Crippen LogP contribution in [0.1, 0.15) is 43.0 Å². The number of guanidine groups is 1. The quantitative estimate of drug-likeness (QED) is 0.811. The molecule has 3 aliphatic rings. The molecular weight excluding hydrogens is 386 g/mol. The minimum Gasteiger partial charge on any atom is -0.378 e. The van der Waals surface area contributed by atoms with Gasteiger partial charge in [0, 0.05) is 18.3 Å². The van der Waals surface area contributed by atoms with Crippen molar-refractivity contribution < 1.29 is 13.6 Å². The first-order chi connectivity index (χ1) is 14.2. The summed E-state index contributed by atoms with van der Waals surface area (Å²) in [4.78, 5) is 18.6. The summed E-state index contributed by atoms with van der Waals surface area (Å²) in [6.07, 6.45) is 1.20. The molecule has 0 saturated heterocycles. The number of benzene rings is 2. The van der Waals surface area contributed by atoms with Gasteiger partial charge in [-0.3, -0.25) is 9.69 Å². The molecule has 2 aromatic rings. The van der Waals surface area contributed by atoms with Gasteiger partial charge < -0.3 is 11.1 Å². The smallest absolute Gasteiger partial charge is 0.237 e. The van der Waals surface area contributed by atoms with Crippen LogP contribution >= 0.6 is 0 Å². The molecule has 30 heavy (non-hydrogen) atoms. The summed E-state index contributed by atoms with van der Waals surface area (Å²) < 4.78 is 28.5. The second kappa shape index (κ2) is 6.03. The normalized spacial score (nSPS) is 31.8. The van der Waals surface area contributed by atoms with Gasteiger partial charge in [0.1, 0.15) is 17.2 Å². The van der Waals surface area contributed by atoms with Crippen LogP contribution in [-0.2, 0) is 16.8 Å². The van der Waals surface area contributed by atoms with E-state index in [2.05, 4.69) is 17.2 Å². The molecule has 2 aliphatic carbocycles. The number of carbonyl (C=O) groups excluding carboxylic acids is 1. The fourth-order valence-corrected chi connectivity index (χ4v) is 5.24. The molecule has 5 nitrogen and oxygen atoms in total. The Balaban J connectivity index is 1.52. The molecule has 3 unspecified atom stereocenters. The number of nitrogens with zero attached hydrogens (tertiary/aromatic N) is 2. The van der Waals surface area contributed by atoms with Crippen molar-refractivity contribution in [3.05, 3.63) is 64.7 Å². The Labute approximate surface area is 174 Å². The van der Waals surface area contributed by atoms with Gasteiger partial charge in [-0.2, -0.15) is 0 Å². The minimum absolute atomic E-state index is 0.00492. The van der Waals surface area contributed by atoms with Gasteiger partial charge in [-0.1, -0.05) is 13.0 Å². The van der Waals surface area contributed by atoms with Crippen LogP contribution in [0.15, 0.2) is 41.4 Å². The van der Waals surface area contributed by atoms with Crippen LogP contribution in [0, 0.1) is 23.0 Å². The molecule has 1 aliphatic heterocycles. The zero-order chi connectivity index (χ0) is 21.4. The Bertz CT molecular complexity index is 1120. The predicted molar refractivity (Wildman–Crippen MR) is 111 cm³/mol. The molecule has 2 aromatic carbocycles. The molecular formula is C23H24F2N4O. The van der Waals surface area contributed by atoms with E-state index in [-0.39, 0.29) is 29.6 Å². The van der Waals surface area contributed by atoms with Crippen LogP contribution in [0.4, 0.5) is 14.5 Å². The third-order valence-electron chi connectivity index (χ3n) is 7.11. The molecule has 0 radical (unpaired) electrons. The van der Waals surface area contributed by atoms with E-state index in [1.807, 2.05) is 13.0 Å². The number of anilines is 1. The second-order valence-electron chi connectivity index (χ2n) is 9.04. The Hall–Kier alpha value is -2.96. The number of halogens is 2. The average Bonchev–Trinajstić information content (AvgIpc) is 3.21. The third kappa shape index (κ3) is 2.44. The number of fused-ring (bicyclic) bond motifs is 2. The van der Waals surface area contributed by atoms with E-state index in [1.54, 1.807) is 25.2 Å². The summed E-state index contributed by atoms with van der Waals surface area (Å²) in [7, 11) is 1.59. The zero-order valence-corrected chi connectivity index (χ0v) is 17.2. The van der Waals surface area contributed by atoms with Gasteiger partial charge in [0.15, 0.2) is 5.96 Å². The van der Waals surface area contributed by atoms with E-state index in [1.165, 1.54) is 17.0 Å². The molecule has 0 aromatic heterocycles.